The van der Waals surface area contributed by atoms with E-state index in [0.717, 1.165) is 0 Å². The Labute approximate surface area is 115 Å². The number of hydrogen-bond donors (Lipinski definition) is 3. The van der Waals surface area contributed by atoms with E-state index in [1.807, 2.05) is 0 Å². The molecule has 6 nitrogen and oxygen atoms in total. The largest absolute Gasteiger partial charge is 0.394 e. The quantitative estimate of drug-likeness (QED) is 0.793. The smallest absolute Gasteiger partial charge is 0.319 e. The number of anilines is 1. The highest BCUT2D eigenvalue weighted by Crippen LogP contribution is 2.17. The van der Waals surface area contributed by atoms with Crippen LogP contribution in [0.3, 0.4) is 0 Å². The highest BCUT2D eigenvalue weighted by molar-refractivity contribution is 5.89. The lowest BCUT2D eigenvalue weighted by molar-refractivity contribution is 0.229. The molecule has 0 saturated heterocycles. The van der Waals surface area contributed by atoms with E-state index >= 15 is 0 Å². The third-order valence-corrected chi connectivity index (χ3v) is 2.61. The fourth-order valence-corrected chi connectivity index (χ4v) is 1.62. The number of nitrogens with zero attached hydrogens (tertiary/aromatic N) is 2. The standard InChI is InChI=1S/C13H15FN4O2/c1-9(8-19)16-13(20)17-10-3-4-12(11(14)7-10)18-6-2-5-15-18/h2-7,9,19H,8H2,1H3,(H2,16,17,20)/t9-/m1/s1. The molecule has 1 aromatic carbocycles. The van der Waals surface area contributed by atoms with Crippen LogP contribution in [0.5, 0.6) is 0 Å². The molecule has 0 bridgehead atoms. The highest BCUT2D eigenvalue weighted by atomic mass is 19.1. The third-order valence-electron chi connectivity index (χ3n) is 2.61. The summed E-state index contributed by atoms with van der Waals surface area (Å²) in [4.78, 5) is 11.5. The van der Waals surface area contributed by atoms with E-state index in [0.29, 0.717) is 11.4 Å². The van der Waals surface area contributed by atoms with Crippen LogP contribution in [0.4, 0.5) is 14.9 Å². The van der Waals surface area contributed by atoms with Crippen LogP contribution in [-0.2, 0) is 0 Å². The highest BCUT2D eigenvalue weighted by Gasteiger charge is 2.09. The van der Waals surface area contributed by atoms with Gasteiger partial charge in [-0.2, -0.15) is 5.10 Å². The average Bonchev–Trinajstić information content (AvgIpc) is 2.92. The minimum absolute atomic E-state index is 0.167. The number of aliphatic hydroxyl groups is 1. The zero-order valence-corrected chi connectivity index (χ0v) is 10.9. The number of aromatic nitrogens is 2. The number of rotatable bonds is 4. The van der Waals surface area contributed by atoms with Crippen LogP contribution in [0.1, 0.15) is 6.92 Å². The molecule has 0 aliphatic carbocycles. The normalized spacial score (nSPS) is 11.9. The summed E-state index contributed by atoms with van der Waals surface area (Å²) in [6.07, 6.45) is 3.18. The lowest BCUT2D eigenvalue weighted by Crippen LogP contribution is -2.38. The van der Waals surface area contributed by atoms with Gasteiger partial charge in [-0.05, 0) is 31.2 Å². The maximum absolute atomic E-state index is 13.9. The summed E-state index contributed by atoms with van der Waals surface area (Å²) < 4.78 is 15.3. The number of amides is 2. The molecule has 0 spiro atoms. The van der Waals surface area contributed by atoms with Crippen LogP contribution in [0.15, 0.2) is 36.7 Å². The van der Waals surface area contributed by atoms with E-state index in [4.69, 9.17) is 5.11 Å². The summed E-state index contributed by atoms with van der Waals surface area (Å²) >= 11 is 0. The number of carbonyl (C=O) groups is 1. The molecule has 2 aromatic rings. The van der Waals surface area contributed by atoms with Gasteiger partial charge in [0.25, 0.3) is 0 Å². The predicted molar refractivity (Wildman–Crippen MR) is 72.2 cm³/mol. The van der Waals surface area contributed by atoms with Crippen molar-refractivity contribution >= 4 is 11.7 Å². The second kappa shape index (κ2) is 6.16. The van der Waals surface area contributed by atoms with Gasteiger partial charge in [-0.1, -0.05) is 0 Å². The molecule has 3 N–H and O–H groups in total. The van der Waals surface area contributed by atoms with Gasteiger partial charge in [0, 0.05) is 18.1 Å². The van der Waals surface area contributed by atoms with Gasteiger partial charge in [-0.3, -0.25) is 0 Å². The molecular weight excluding hydrogens is 263 g/mol. The zero-order chi connectivity index (χ0) is 14.5. The molecular formula is C13H15FN4O2. The van der Waals surface area contributed by atoms with Crippen LogP contribution in [-0.4, -0.2) is 33.6 Å². The topological polar surface area (TPSA) is 79.2 Å². The van der Waals surface area contributed by atoms with Crippen LogP contribution in [0, 0.1) is 5.82 Å². The maximum atomic E-state index is 13.9. The summed E-state index contributed by atoms with van der Waals surface area (Å²) in [5.74, 6) is -0.498. The third kappa shape index (κ3) is 3.33. The molecule has 1 heterocycles. The number of carbonyl (C=O) groups excluding carboxylic acids is 1. The number of halogens is 1. The lowest BCUT2D eigenvalue weighted by atomic mass is 10.2. The number of aliphatic hydroxyl groups excluding tert-OH is 1. The second-order valence-corrected chi connectivity index (χ2v) is 4.30. The first-order valence-corrected chi connectivity index (χ1v) is 6.08. The minimum Gasteiger partial charge on any atom is -0.394 e. The van der Waals surface area contributed by atoms with Crippen LogP contribution >= 0.6 is 0 Å². The molecule has 106 valence electrons. The molecule has 2 rings (SSSR count). The van der Waals surface area contributed by atoms with Crippen molar-refractivity contribution in [3.05, 3.63) is 42.5 Å². The second-order valence-electron chi connectivity index (χ2n) is 4.30. The molecule has 0 aliphatic rings. The van der Waals surface area contributed by atoms with Crippen molar-refractivity contribution in [3.63, 3.8) is 0 Å². The van der Waals surface area contributed by atoms with Crippen LogP contribution < -0.4 is 10.6 Å². The van der Waals surface area contributed by atoms with Crippen LogP contribution in [0.2, 0.25) is 0 Å². The summed E-state index contributed by atoms with van der Waals surface area (Å²) in [6, 6.07) is 5.12. The molecule has 1 aromatic heterocycles. The van der Waals surface area contributed by atoms with Gasteiger partial charge in [-0.15, -0.1) is 0 Å². The van der Waals surface area contributed by atoms with Crippen molar-refractivity contribution in [3.8, 4) is 5.69 Å². The van der Waals surface area contributed by atoms with Crippen molar-refractivity contribution in [1.29, 1.82) is 0 Å². The predicted octanol–water partition coefficient (Wildman–Crippen LogP) is 1.51. The number of urea groups is 1. The van der Waals surface area contributed by atoms with Gasteiger partial charge in [0.15, 0.2) is 5.82 Å². The lowest BCUT2D eigenvalue weighted by Gasteiger charge is -2.12. The molecule has 1 atom stereocenters. The maximum Gasteiger partial charge on any atom is 0.319 e. The number of nitrogens with one attached hydrogen (secondary N) is 2. The molecule has 7 heteroatoms. The molecule has 0 unspecified atom stereocenters. The summed E-state index contributed by atoms with van der Waals surface area (Å²) in [5, 5.41) is 17.8. The van der Waals surface area contributed by atoms with Crippen molar-refractivity contribution in [2.45, 2.75) is 13.0 Å². The van der Waals surface area contributed by atoms with E-state index in [1.54, 1.807) is 31.5 Å². The SMILES string of the molecule is C[C@H](CO)NC(=O)Nc1ccc(-n2cccn2)c(F)c1. The average molecular weight is 278 g/mol. The molecule has 2 amide bonds. The first-order chi connectivity index (χ1) is 9.60. The Bertz CT molecular complexity index is 586. The molecule has 0 fully saturated rings. The minimum atomic E-state index is -0.502. The number of hydrogen-bond acceptors (Lipinski definition) is 3. The van der Waals surface area contributed by atoms with Crippen molar-refractivity contribution < 1.29 is 14.3 Å². The van der Waals surface area contributed by atoms with Crippen molar-refractivity contribution in [2.24, 2.45) is 0 Å². The Balaban J connectivity index is 2.08. The fourth-order valence-electron chi connectivity index (χ4n) is 1.62. The van der Waals surface area contributed by atoms with Gasteiger partial charge in [0.05, 0.1) is 12.6 Å². The molecule has 0 radical (unpaired) electrons. The molecule has 0 saturated carbocycles. The Morgan fingerprint density at radius 2 is 2.35 bits per heavy atom. The first kappa shape index (κ1) is 14.0. The number of benzene rings is 1. The monoisotopic (exact) mass is 278 g/mol. The summed E-state index contributed by atoms with van der Waals surface area (Å²) in [5.41, 5.74) is 0.616. The Kier molecular flexibility index (Phi) is 4.31. The van der Waals surface area contributed by atoms with E-state index in [1.165, 1.54) is 16.8 Å². The Hall–Kier alpha value is -2.41. The van der Waals surface area contributed by atoms with Gasteiger partial charge < -0.3 is 15.7 Å². The summed E-state index contributed by atoms with van der Waals surface area (Å²) in [6.45, 7) is 1.49. The van der Waals surface area contributed by atoms with Crippen molar-refractivity contribution in [2.75, 3.05) is 11.9 Å². The Morgan fingerprint density at radius 3 is 2.95 bits per heavy atom. The Morgan fingerprint density at radius 1 is 1.55 bits per heavy atom. The van der Waals surface area contributed by atoms with Crippen LogP contribution in [0.25, 0.3) is 5.69 Å². The zero-order valence-electron chi connectivity index (χ0n) is 10.9. The van der Waals surface area contributed by atoms with Gasteiger partial charge in [-0.25, -0.2) is 13.9 Å². The fraction of sp³-hybridized carbons (Fsp3) is 0.231. The van der Waals surface area contributed by atoms with Crippen molar-refractivity contribution in [1.82, 2.24) is 15.1 Å². The van der Waals surface area contributed by atoms with Gasteiger partial charge in [0.2, 0.25) is 0 Å². The molecule has 20 heavy (non-hydrogen) atoms. The summed E-state index contributed by atoms with van der Waals surface area (Å²) in [7, 11) is 0. The van der Waals surface area contributed by atoms with E-state index < -0.39 is 11.8 Å². The van der Waals surface area contributed by atoms with E-state index in [-0.39, 0.29) is 12.6 Å². The van der Waals surface area contributed by atoms with Gasteiger partial charge in [0.1, 0.15) is 5.69 Å². The van der Waals surface area contributed by atoms with E-state index in [9.17, 15) is 9.18 Å². The van der Waals surface area contributed by atoms with Gasteiger partial charge >= 0.3 is 6.03 Å². The van der Waals surface area contributed by atoms with E-state index in [2.05, 4.69) is 15.7 Å². The first-order valence-electron chi connectivity index (χ1n) is 6.08. The molecule has 0 aliphatic heterocycles.